The average molecular weight is 379 g/mol. The fraction of sp³-hybridized carbons (Fsp3) is 0.458. The van der Waals surface area contributed by atoms with Crippen molar-refractivity contribution < 1.29 is 9.53 Å². The van der Waals surface area contributed by atoms with Crippen LogP contribution in [-0.4, -0.2) is 25.2 Å². The number of ether oxygens (including phenoxy) is 1. The molecule has 0 spiro atoms. The minimum absolute atomic E-state index is 0.0656. The first kappa shape index (κ1) is 18.9. The smallest absolute Gasteiger partial charge is 0.322 e. The molecule has 0 saturated heterocycles. The van der Waals surface area contributed by atoms with E-state index in [1.54, 1.807) is 4.90 Å². The standard InChI is InChI=1S/C24H30N2O2/c1-17(2)25-24(27)26-14-15-28-23-16-21(12-13-22(23)26)20-10-8-19(9-11-20)18-6-4-3-5-7-18/h8-13,16-18H,3-7,14-15H2,1-2H3,(H,25,27). The maximum atomic E-state index is 12.5. The summed E-state index contributed by atoms with van der Waals surface area (Å²) in [5.41, 5.74) is 4.62. The zero-order valence-corrected chi connectivity index (χ0v) is 16.9. The van der Waals surface area contributed by atoms with E-state index in [2.05, 4.69) is 41.7 Å². The van der Waals surface area contributed by atoms with Crippen LogP contribution in [0.4, 0.5) is 10.5 Å². The summed E-state index contributed by atoms with van der Waals surface area (Å²) in [5, 5.41) is 2.97. The molecule has 1 aliphatic heterocycles. The zero-order valence-electron chi connectivity index (χ0n) is 16.9. The summed E-state index contributed by atoms with van der Waals surface area (Å²) >= 11 is 0. The molecule has 2 aliphatic rings. The SMILES string of the molecule is CC(C)NC(=O)N1CCOc2cc(-c3ccc(C4CCCCC4)cc3)ccc21. The number of carbonyl (C=O) groups excluding carboxylic acids is 1. The molecule has 2 amide bonds. The summed E-state index contributed by atoms with van der Waals surface area (Å²) in [6.45, 7) is 5.03. The van der Waals surface area contributed by atoms with Crippen molar-refractivity contribution in [2.45, 2.75) is 57.9 Å². The Morgan fingerprint density at radius 1 is 1.04 bits per heavy atom. The van der Waals surface area contributed by atoms with Gasteiger partial charge in [-0.1, -0.05) is 49.6 Å². The second-order valence-corrected chi connectivity index (χ2v) is 8.24. The third-order valence-corrected chi connectivity index (χ3v) is 5.80. The Morgan fingerprint density at radius 3 is 2.46 bits per heavy atom. The number of fused-ring (bicyclic) bond motifs is 1. The number of hydrogen-bond donors (Lipinski definition) is 1. The van der Waals surface area contributed by atoms with Gasteiger partial charge in [-0.2, -0.15) is 0 Å². The van der Waals surface area contributed by atoms with Crippen LogP contribution in [0.25, 0.3) is 11.1 Å². The van der Waals surface area contributed by atoms with Gasteiger partial charge in [-0.05, 0) is 61.4 Å². The van der Waals surface area contributed by atoms with Gasteiger partial charge in [-0.25, -0.2) is 4.79 Å². The Kier molecular flexibility index (Phi) is 5.56. The third kappa shape index (κ3) is 4.01. The van der Waals surface area contributed by atoms with E-state index in [1.165, 1.54) is 43.2 Å². The van der Waals surface area contributed by atoms with Crippen molar-refractivity contribution in [1.82, 2.24) is 5.32 Å². The lowest BCUT2D eigenvalue weighted by Gasteiger charge is -2.30. The van der Waals surface area contributed by atoms with Crippen LogP contribution >= 0.6 is 0 Å². The first-order valence-corrected chi connectivity index (χ1v) is 10.6. The molecule has 0 radical (unpaired) electrons. The topological polar surface area (TPSA) is 41.6 Å². The molecule has 0 atom stereocenters. The molecule has 1 saturated carbocycles. The van der Waals surface area contributed by atoms with Gasteiger partial charge >= 0.3 is 6.03 Å². The molecule has 0 unspecified atom stereocenters. The Balaban J connectivity index is 1.54. The van der Waals surface area contributed by atoms with E-state index in [9.17, 15) is 4.79 Å². The van der Waals surface area contributed by atoms with Crippen LogP contribution in [0.3, 0.4) is 0 Å². The molecule has 0 aromatic heterocycles. The molecule has 1 fully saturated rings. The number of carbonyl (C=O) groups is 1. The molecule has 1 heterocycles. The van der Waals surface area contributed by atoms with Crippen molar-refractivity contribution in [3.63, 3.8) is 0 Å². The van der Waals surface area contributed by atoms with Gasteiger partial charge in [0, 0.05) is 6.04 Å². The number of urea groups is 1. The molecular formula is C24H30N2O2. The molecule has 28 heavy (non-hydrogen) atoms. The normalized spacial score (nSPS) is 17.2. The Morgan fingerprint density at radius 2 is 1.75 bits per heavy atom. The van der Waals surface area contributed by atoms with E-state index in [1.807, 2.05) is 19.9 Å². The van der Waals surface area contributed by atoms with Gasteiger partial charge in [0.2, 0.25) is 0 Å². The van der Waals surface area contributed by atoms with Gasteiger partial charge in [0.25, 0.3) is 0 Å². The summed E-state index contributed by atoms with van der Waals surface area (Å²) in [7, 11) is 0. The Hall–Kier alpha value is -2.49. The minimum atomic E-state index is -0.0656. The molecule has 2 aromatic rings. The molecule has 2 aromatic carbocycles. The number of hydrogen-bond acceptors (Lipinski definition) is 2. The number of rotatable bonds is 3. The van der Waals surface area contributed by atoms with Gasteiger partial charge in [0.15, 0.2) is 0 Å². The van der Waals surface area contributed by atoms with Crippen LogP contribution in [0.5, 0.6) is 5.75 Å². The quantitative estimate of drug-likeness (QED) is 0.742. The zero-order chi connectivity index (χ0) is 19.5. The molecule has 0 bridgehead atoms. The largest absolute Gasteiger partial charge is 0.490 e. The minimum Gasteiger partial charge on any atom is -0.490 e. The van der Waals surface area contributed by atoms with Crippen molar-refractivity contribution in [2.75, 3.05) is 18.1 Å². The highest BCUT2D eigenvalue weighted by Gasteiger charge is 2.24. The van der Waals surface area contributed by atoms with Crippen LogP contribution in [-0.2, 0) is 0 Å². The first-order chi connectivity index (χ1) is 13.6. The van der Waals surface area contributed by atoms with Crippen molar-refractivity contribution >= 4 is 11.7 Å². The number of anilines is 1. The van der Waals surface area contributed by atoms with Gasteiger partial charge in [-0.3, -0.25) is 4.90 Å². The van der Waals surface area contributed by atoms with Gasteiger partial charge in [-0.15, -0.1) is 0 Å². The van der Waals surface area contributed by atoms with Crippen LogP contribution in [0, 0.1) is 0 Å². The summed E-state index contributed by atoms with van der Waals surface area (Å²) in [6.07, 6.45) is 6.74. The van der Waals surface area contributed by atoms with Gasteiger partial charge < -0.3 is 10.1 Å². The Labute approximate surface area is 167 Å². The third-order valence-electron chi connectivity index (χ3n) is 5.80. The molecule has 1 aliphatic carbocycles. The fourth-order valence-electron chi connectivity index (χ4n) is 4.32. The molecule has 148 valence electrons. The van der Waals surface area contributed by atoms with E-state index in [0.29, 0.717) is 13.2 Å². The van der Waals surface area contributed by atoms with E-state index >= 15 is 0 Å². The predicted molar refractivity (Wildman–Crippen MR) is 114 cm³/mol. The van der Waals surface area contributed by atoms with Crippen molar-refractivity contribution in [3.05, 3.63) is 48.0 Å². The molecule has 4 nitrogen and oxygen atoms in total. The van der Waals surface area contributed by atoms with Crippen LogP contribution in [0.1, 0.15) is 57.4 Å². The van der Waals surface area contributed by atoms with Gasteiger partial charge in [0.05, 0.1) is 12.2 Å². The molecule has 4 rings (SSSR count). The second kappa shape index (κ2) is 8.26. The molecule has 4 heteroatoms. The number of benzene rings is 2. The number of nitrogens with zero attached hydrogens (tertiary/aromatic N) is 1. The highest BCUT2D eigenvalue weighted by molar-refractivity contribution is 5.94. The predicted octanol–water partition coefficient (Wildman–Crippen LogP) is 5.72. The second-order valence-electron chi connectivity index (χ2n) is 8.24. The lowest BCUT2D eigenvalue weighted by atomic mass is 9.84. The van der Waals surface area contributed by atoms with Crippen LogP contribution in [0.15, 0.2) is 42.5 Å². The highest BCUT2D eigenvalue weighted by atomic mass is 16.5. The number of amides is 2. The Bertz CT molecular complexity index is 823. The van der Waals surface area contributed by atoms with Gasteiger partial charge in [0.1, 0.15) is 12.4 Å². The van der Waals surface area contributed by atoms with E-state index < -0.39 is 0 Å². The summed E-state index contributed by atoms with van der Waals surface area (Å²) in [5.74, 6) is 1.50. The summed E-state index contributed by atoms with van der Waals surface area (Å²) < 4.78 is 5.87. The maximum Gasteiger partial charge on any atom is 0.322 e. The lowest BCUT2D eigenvalue weighted by Crippen LogP contribution is -2.46. The van der Waals surface area contributed by atoms with E-state index in [4.69, 9.17) is 4.74 Å². The maximum absolute atomic E-state index is 12.5. The van der Waals surface area contributed by atoms with E-state index in [-0.39, 0.29) is 12.1 Å². The summed E-state index contributed by atoms with van der Waals surface area (Å²) in [6, 6.07) is 15.2. The summed E-state index contributed by atoms with van der Waals surface area (Å²) in [4.78, 5) is 14.2. The molecular weight excluding hydrogens is 348 g/mol. The van der Waals surface area contributed by atoms with Crippen molar-refractivity contribution in [3.8, 4) is 16.9 Å². The first-order valence-electron chi connectivity index (χ1n) is 10.6. The number of nitrogens with one attached hydrogen (secondary N) is 1. The lowest BCUT2D eigenvalue weighted by molar-refractivity contribution is 0.238. The average Bonchev–Trinajstić information content (AvgIpc) is 2.73. The highest BCUT2D eigenvalue weighted by Crippen LogP contribution is 2.37. The van der Waals surface area contributed by atoms with E-state index in [0.717, 1.165) is 22.9 Å². The molecule has 1 N–H and O–H groups in total. The van der Waals surface area contributed by atoms with Crippen molar-refractivity contribution in [1.29, 1.82) is 0 Å². The monoisotopic (exact) mass is 378 g/mol. The fourth-order valence-corrected chi connectivity index (χ4v) is 4.32. The van der Waals surface area contributed by atoms with Crippen LogP contribution in [0.2, 0.25) is 0 Å². The van der Waals surface area contributed by atoms with Crippen molar-refractivity contribution in [2.24, 2.45) is 0 Å². The van der Waals surface area contributed by atoms with Crippen LogP contribution < -0.4 is 15.0 Å².